The van der Waals surface area contributed by atoms with Crippen LogP contribution in [0, 0.1) is 11.6 Å². The molecule has 3 heteroatoms. The fourth-order valence-corrected chi connectivity index (χ4v) is 2.55. The third-order valence-electron chi connectivity index (χ3n) is 2.90. The molecule has 0 radical (unpaired) electrons. The fraction of sp³-hybridized carbons (Fsp3) is 0.200. The average molecular weight is 311 g/mol. The highest BCUT2D eigenvalue weighted by atomic mass is 79.9. The van der Waals surface area contributed by atoms with Crippen molar-refractivity contribution < 1.29 is 8.78 Å². The lowest BCUT2D eigenvalue weighted by Gasteiger charge is -2.14. The maximum absolute atomic E-state index is 13.1. The van der Waals surface area contributed by atoms with Crippen molar-refractivity contribution in [3.63, 3.8) is 0 Å². The van der Waals surface area contributed by atoms with Crippen LogP contribution in [0.25, 0.3) is 0 Å². The topological polar surface area (TPSA) is 0 Å². The van der Waals surface area contributed by atoms with Crippen molar-refractivity contribution in [1.82, 2.24) is 0 Å². The first kappa shape index (κ1) is 13.2. The Bertz CT molecular complexity index is 508. The van der Waals surface area contributed by atoms with Crippen LogP contribution in [0.15, 0.2) is 48.5 Å². The van der Waals surface area contributed by atoms with Crippen molar-refractivity contribution in [2.75, 3.05) is 5.33 Å². The maximum atomic E-state index is 13.1. The molecule has 0 spiro atoms. The zero-order valence-electron chi connectivity index (χ0n) is 9.74. The summed E-state index contributed by atoms with van der Waals surface area (Å²) < 4.78 is 26.0. The van der Waals surface area contributed by atoms with Gasteiger partial charge in [-0.05, 0) is 47.7 Å². The SMILES string of the molecule is Fc1ccc(C(CBr)Cc2cccc(F)c2)cc1. The van der Waals surface area contributed by atoms with Gasteiger partial charge in [0.25, 0.3) is 0 Å². The molecule has 2 rings (SSSR count). The molecule has 0 fully saturated rings. The van der Waals surface area contributed by atoms with Crippen molar-refractivity contribution in [2.45, 2.75) is 12.3 Å². The number of halogens is 3. The minimum absolute atomic E-state index is 0.215. The summed E-state index contributed by atoms with van der Waals surface area (Å²) in [5, 5.41) is 0.759. The Morgan fingerprint density at radius 3 is 2.28 bits per heavy atom. The van der Waals surface area contributed by atoms with E-state index in [1.807, 2.05) is 6.07 Å². The molecular weight excluding hydrogens is 298 g/mol. The summed E-state index contributed by atoms with van der Waals surface area (Å²) >= 11 is 3.46. The molecule has 0 heterocycles. The molecule has 0 aliphatic rings. The van der Waals surface area contributed by atoms with E-state index >= 15 is 0 Å². The van der Waals surface area contributed by atoms with Gasteiger partial charge in [0, 0.05) is 5.33 Å². The van der Waals surface area contributed by atoms with E-state index in [0.29, 0.717) is 0 Å². The lowest BCUT2D eigenvalue weighted by atomic mass is 9.94. The maximum Gasteiger partial charge on any atom is 0.123 e. The van der Waals surface area contributed by atoms with Crippen LogP contribution in [0.4, 0.5) is 8.78 Å². The molecule has 0 amide bonds. The smallest absolute Gasteiger partial charge is 0.123 e. The minimum atomic E-state index is -0.238. The predicted octanol–water partition coefficient (Wildman–Crippen LogP) is 4.69. The second-order valence-corrected chi connectivity index (χ2v) is 4.88. The van der Waals surface area contributed by atoms with Crippen molar-refractivity contribution in [3.8, 4) is 0 Å². The first-order valence-corrected chi connectivity index (χ1v) is 6.87. The van der Waals surface area contributed by atoms with Crippen LogP contribution >= 0.6 is 15.9 Å². The third-order valence-corrected chi connectivity index (χ3v) is 3.68. The molecule has 0 aliphatic heterocycles. The van der Waals surface area contributed by atoms with E-state index in [1.165, 1.54) is 18.2 Å². The van der Waals surface area contributed by atoms with Gasteiger partial charge < -0.3 is 0 Å². The van der Waals surface area contributed by atoms with Crippen molar-refractivity contribution >= 4 is 15.9 Å². The van der Waals surface area contributed by atoms with E-state index in [2.05, 4.69) is 15.9 Å². The van der Waals surface area contributed by atoms with Crippen molar-refractivity contribution in [3.05, 3.63) is 71.3 Å². The van der Waals surface area contributed by atoms with Gasteiger partial charge in [0.2, 0.25) is 0 Å². The Labute approximate surface area is 114 Å². The zero-order valence-corrected chi connectivity index (χ0v) is 11.3. The van der Waals surface area contributed by atoms with Gasteiger partial charge in [0.05, 0.1) is 0 Å². The molecule has 0 saturated carbocycles. The van der Waals surface area contributed by atoms with Crippen LogP contribution in [-0.4, -0.2) is 5.33 Å². The lowest BCUT2D eigenvalue weighted by Crippen LogP contribution is -2.04. The number of benzene rings is 2. The number of hydrogen-bond acceptors (Lipinski definition) is 0. The Morgan fingerprint density at radius 2 is 1.67 bits per heavy atom. The number of rotatable bonds is 4. The van der Waals surface area contributed by atoms with E-state index in [-0.39, 0.29) is 17.6 Å². The van der Waals surface area contributed by atoms with Crippen molar-refractivity contribution in [1.29, 1.82) is 0 Å². The van der Waals surface area contributed by atoms with Gasteiger partial charge in [-0.2, -0.15) is 0 Å². The quantitative estimate of drug-likeness (QED) is 0.719. The van der Waals surface area contributed by atoms with E-state index in [9.17, 15) is 8.78 Å². The van der Waals surface area contributed by atoms with Crippen LogP contribution in [0.3, 0.4) is 0 Å². The fourth-order valence-electron chi connectivity index (χ4n) is 1.94. The lowest BCUT2D eigenvalue weighted by molar-refractivity contribution is 0.622. The van der Waals surface area contributed by atoms with Gasteiger partial charge in [-0.25, -0.2) is 8.78 Å². The second-order valence-electron chi connectivity index (χ2n) is 4.24. The van der Waals surface area contributed by atoms with Gasteiger partial charge in [0.1, 0.15) is 11.6 Å². The van der Waals surface area contributed by atoms with E-state index in [1.54, 1.807) is 24.3 Å². The van der Waals surface area contributed by atoms with E-state index in [4.69, 9.17) is 0 Å². The van der Waals surface area contributed by atoms with Gasteiger partial charge in [-0.15, -0.1) is 0 Å². The summed E-state index contributed by atoms with van der Waals surface area (Å²) in [4.78, 5) is 0. The summed E-state index contributed by atoms with van der Waals surface area (Å²) in [6.45, 7) is 0. The molecule has 0 saturated heterocycles. The molecule has 1 unspecified atom stereocenters. The largest absolute Gasteiger partial charge is 0.207 e. The first-order chi connectivity index (χ1) is 8.69. The van der Waals surface area contributed by atoms with Gasteiger partial charge in [0.15, 0.2) is 0 Å². The molecule has 0 bridgehead atoms. The van der Waals surface area contributed by atoms with Crippen LogP contribution in [0.1, 0.15) is 17.0 Å². The minimum Gasteiger partial charge on any atom is -0.207 e. The van der Waals surface area contributed by atoms with Gasteiger partial charge >= 0.3 is 0 Å². The molecule has 0 N–H and O–H groups in total. The summed E-state index contributed by atoms with van der Waals surface area (Å²) in [7, 11) is 0. The molecule has 94 valence electrons. The normalized spacial score (nSPS) is 12.4. The molecule has 0 aromatic heterocycles. The standard InChI is InChI=1S/C15H13BrF2/c16-10-13(12-4-6-14(17)7-5-12)8-11-2-1-3-15(18)9-11/h1-7,9,13H,8,10H2. The van der Waals surface area contributed by atoms with Crippen LogP contribution in [0.5, 0.6) is 0 Å². The summed E-state index contributed by atoms with van der Waals surface area (Å²) in [5.41, 5.74) is 2.00. The highest BCUT2D eigenvalue weighted by molar-refractivity contribution is 9.09. The molecule has 1 atom stereocenters. The van der Waals surface area contributed by atoms with Gasteiger partial charge in [-0.1, -0.05) is 40.2 Å². The summed E-state index contributed by atoms with van der Waals surface area (Å²) in [6.07, 6.45) is 0.731. The average Bonchev–Trinajstić information content (AvgIpc) is 2.37. The molecule has 0 nitrogen and oxygen atoms in total. The molecule has 2 aromatic carbocycles. The van der Waals surface area contributed by atoms with E-state index in [0.717, 1.165) is 22.9 Å². The predicted molar refractivity (Wildman–Crippen MR) is 73.0 cm³/mol. The summed E-state index contributed by atoms with van der Waals surface area (Å²) in [5.74, 6) is -0.245. The van der Waals surface area contributed by atoms with Crippen LogP contribution < -0.4 is 0 Å². The van der Waals surface area contributed by atoms with Gasteiger partial charge in [-0.3, -0.25) is 0 Å². The van der Waals surface area contributed by atoms with Crippen LogP contribution in [0.2, 0.25) is 0 Å². The second kappa shape index (κ2) is 6.10. The van der Waals surface area contributed by atoms with E-state index < -0.39 is 0 Å². The molecule has 2 aromatic rings. The third kappa shape index (κ3) is 3.39. The Kier molecular flexibility index (Phi) is 4.48. The number of alkyl halides is 1. The Morgan fingerprint density at radius 1 is 0.944 bits per heavy atom. The highest BCUT2D eigenvalue weighted by Gasteiger charge is 2.11. The summed E-state index contributed by atoms with van der Waals surface area (Å²) in [6, 6.07) is 13.1. The monoisotopic (exact) mass is 310 g/mol. The Hall–Kier alpha value is -1.22. The first-order valence-electron chi connectivity index (χ1n) is 5.75. The zero-order chi connectivity index (χ0) is 13.0. The number of hydrogen-bond donors (Lipinski definition) is 0. The molecule has 18 heavy (non-hydrogen) atoms. The molecular formula is C15H13BrF2. The van der Waals surface area contributed by atoms with Crippen LogP contribution in [-0.2, 0) is 6.42 Å². The van der Waals surface area contributed by atoms with Crippen molar-refractivity contribution in [2.24, 2.45) is 0 Å². The Balaban J connectivity index is 2.17. The molecule has 0 aliphatic carbocycles. The highest BCUT2D eigenvalue weighted by Crippen LogP contribution is 2.23.